The van der Waals surface area contributed by atoms with Crippen LogP contribution in [0.25, 0.3) is 0 Å². The summed E-state index contributed by atoms with van der Waals surface area (Å²) in [6, 6.07) is 3.17. The van der Waals surface area contributed by atoms with Crippen LogP contribution < -0.4 is 0 Å². The Hall–Kier alpha value is -0.340. The molecule has 1 rings (SSSR count). The third-order valence-corrected chi connectivity index (χ3v) is 2.38. The van der Waals surface area contributed by atoms with E-state index in [2.05, 4.69) is 12.6 Å². The van der Waals surface area contributed by atoms with Crippen LogP contribution in [0.5, 0.6) is 5.75 Å². The minimum absolute atomic E-state index is 0.231. The first-order valence-electron chi connectivity index (χ1n) is 2.80. The highest BCUT2D eigenvalue weighted by Crippen LogP contribution is 2.29. The number of hydrogen-bond donors (Lipinski definition) is 2. The van der Waals surface area contributed by atoms with Gasteiger partial charge in [-0.05, 0) is 19.1 Å². The van der Waals surface area contributed by atoms with Gasteiger partial charge in [-0.2, -0.15) is 0 Å². The molecular weight excluding hydrogens is 168 g/mol. The van der Waals surface area contributed by atoms with Crippen LogP contribution in [0.4, 0.5) is 0 Å². The summed E-state index contributed by atoms with van der Waals surface area (Å²) in [7, 11) is 0. The molecule has 3 heteroatoms. The van der Waals surface area contributed by atoms with Crippen molar-refractivity contribution in [1.29, 1.82) is 0 Å². The van der Waals surface area contributed by atoms with Crippen LogP contribution in [-0.4, -0.2) is 5.11 Å². The predicted molar refractivity (Wildman–Crippen MR) is 45.1 cm³/mol. The Bertz CT molecular complexity index is 233. The Balaban J connectivity index is 3.34. The zero-order valence-corrected chi connectivity index (χ0v) is 7.08. The van der Waals surface area contributed by atoms with Gasteiger partial charge in [0.1, 0.15) is 5.75 Å². The Morgan fingerprint density at radius 3 is 2.60 bits per heavy atom. The molecule has 0 heterocycles. The van der Waals surface area contributed by atoms with Crippen molar-refractivity contribution in [3.05, 3.63) is 22.7 Å². The first kappa shape index (κ1) is 7.76. The van der Waals surface area contributed by atoms with Crippen molar-refractivity contribution in [2.45, 2.75) is 11.8 Å². The molecule has 0 fully saturated rings. The van der Waals surface area contributed by atoms with Crippen molar-refractivity contribution >= 4 is 24.2 Å². The molecule has 0 amide bonds. The van der Waals surface area contributed by atoms with E-state index in [-0.39, 0.29) is 5.75 Å². The summed E-state index contributed by atoms with van der Waals surface area (Å²) in [4.78, 5) is 0.640. The smallest absolute Gasteiger partial charge is 0.119 e. The molecule has 0 spiro atoms. The first-order valence-corrected chi connectivity index (χ1v) is 3.62. The molecule has 0 saturated carbocycles. The summed E-state index contributed by atoms with van der Waals surface area (Å²) in [5, 5.41) is 9.69. The zero-order valence-electron chi connectivity index (χ0n) is 5.43. The monoisotopic (exact) mass is 174 g/mol. The second-order valence-corrected chi connectivity index (χ2v) is 2.89. The molecule has 1 aromatic carbocycles. The van der Waals surface area contributed by atoms with Crippen LogP contribution in [0.3, 0.4) is 0 Å². The summed E-state index contributed by atoms with van der Waals surface area (Å²) < 4.78 is 0. The van der Waals surface area contributed by atoms with Crippen molar-refractivity contribution in [3.8, 4) is 5.75 Å². The molecule has 0 atom stereocenters. The maximum absolute atomic E-state index is 9.12. The lowest BCUT2D eigenvalue weighted by Crippen LogP contribution is -1.78. The van der Waals surface area contributed by atoms with Gasteiger partial charge in [-0.1, -0.05) is 11.6 Å². The Kier molecular flexibility index (Phi) is 2.11. The lowest BCUT2D eigenvalue weighted by Gasteiger charge is -2.02. The standard InChI is InChI=1S/C7H7ClOS/c1-4-6(9)3-2-5(8)7(4)10/h2-3,9-10H,1H3. The van der Waals surface area contributed by atoms with E-state index >= 15 is 0 Å². The number of benzene rings is 1. The summed E-state index contributed by atoms with van der Waals surface area (Å²) in [5.41, 5.74) is 0.718. The van der Waals surface area contributed by atoms with Gasteiger partial charge >= 0.3 is 0 Å². The van der Waals surface area contributed by atoms with Gasteiger partial charge in [0.15, 0.2) is 0 Å². The molecule has 10 heavy (non-hydrogen) atoms. The highest BCUT2D eigenvalue weighted by molar-refractivity contribution is 7.80. The fourth-order valence-corrected chi connectivity index (χ4v) is 1.05. The molecule has 0 aliphatic carbocycles. The van der Waals surface area contributed by atoms with E-state index in [4.69, 9.17) is 16.7 Å². The molecule has 0 aromatic heterocycles. The molecule has 0 aliphatic rings. The van der Waals surface area contributed by atoms with Crippen LogP contribution in [0, 0.1) is 6.92 Å². The molecular formula is C7H7ClOS. The quantitative estimate of drug-likeness (QED) is 0.580. The SMILES string of the molecule is Cc1c(O)ccc(Cl)c1S. The van der Waals surface area contributed by atoms with Crippen LogP contribution in [0.2, 0.25) is 5.02 Å². The maximum atomic E-state index is 9.12. The number of aromatic hydroxyl groups is 1. The number of rotatable bonds is 0. The lowest BCUT2D eigenvalue weighted by atomic mass is 10.2. The van der Waals surface area contributed by atoms with E-state index < -0.39 is 0 Å². The van der Waals surface area contributed by atoms with Crippen LogP contribution in [0.1, 0.15) is 5.56 Å². The van der Waals surface area contributed by atoms with Crippen molar-refractivity contribution in [2.75, 3.05) is 0 Å². The fraction of sp³-hybridized carbons (Fsp3) is 0.143. The number of halogens is 1. The lowest BCUT2D eigenvalue weighted by molar-refractivity contribution is 0.469. The van der Waals surface area contributed by atoms with Crippen molar-refractivity contribution in [3.63, 3.8) is 0 Å². The van der Waals surface area contributed by atoms with Crippen molar-refractivity contribution < 1.29 is 5.11 Å². The highest BCUT2D eigenvalue weighted by atomic mass is 35.5. The summed E-state index contributed by atoms with van der Waals surface area (Å²) in [5.74, 6) is 0.231. The fourth-order valence-electron chi connectivity index (χ4n) is 0.656. The molecule has 1 N–H and O–H groups in total. The highest BCUT2D eigenvalue weighted by Gasteiger charge is 2.02. The number of hydrogen-bond acceptors (Lipinski definition) is 2. The van der Waals surface area contributed by atoms with Gasteiger partial charge in [-0.15, -0.1) is 12.6 Å². The minimum Gasteiger partial charge on any atom is -0.508 e. The van der Waals surface area contributed by atoms with Gasteiger partial charge in [-0.25, -0.2) is 0 Å². The zero-order chi connectivity index (χ0) is 7.72. The van der Waals surface area contributed by atoms with E-state index in [1.165, 1.54) is 0 Å². The number of thiol groups is 1. The van der Waals surface area contributed by atoms with E-state index in [0.717, 1.165) is 5.56 Å². The molecule has 0 bridgehead atoms. The summed E-state index contributed by atoms with van der Waals surface area (Å²) >= 11 is 9.79. The third kappa shape index (κ3) is 1.22. The van der Waals surface area contributed by atoms with Gasteiger partial charge in [-0.3, -0.25) is 0 Å². The first-order chi connectivity index (χ1) is 4.63. The second-order valence-electron chi connectivity index (χ2n) is 2.04. The summed E-state index contributed by atoms with van der Waals surface area (Å²) in [6.07, 6.45) is 0. The van der Waals surface area contributed by atoms with Gasteiger partial charge in [0.05, 0.1) is 5.02 Å². The second kappa shape index (κ2) is 2.72. The third-order valence-electron chi connectivity index (χ3n) is 1.35. The van der Waals surface area contributed by atoms with E-state index in [1.807, 2.05) is 0 Å². The molecule has 0 unspecified atom stereocenters. The molecule has 0 aliphatic heterocycles. The molecule has 54 valence electrons. The van der Waals surface area contributed by atoms with E-state index in [9.17, 15) is 0 Å². The summed E-state index contributed by atoms with van der Waals surface area (Å²) in [6.45, 7) is 1.77. The van der Waals surface area contributed by atoms with E-state index in [0.29, 0.717) is 9.92 Å². The van der Waals surface area contributed by atoms with Crippen LogP contribution >= 0.6 is 24.2 Å². The predicted octanol–water partition coefficient (Wildman–Crippen LogP) is 2.64. The van der Waals surface area contributed by atoms with Gasteiger partial charge < -0.3 is 5.11 Å². The Morgan fingerprint density at radius 2 is 2.10 bits per heavy atom. The van der Waals surface area contributed by atoms with Crippen LogP contribution in [-0.2, 0) is 0 Å². The molecule has 0 radical (unpaired) electrons. The largest absolute Gasteiger partial charge is 0.508 e. The Morgan fingerprint density at radius 1 is 1.50 bits per heavy atom. The van der Waals surface area contributed by atoms with Crippen LogP contribution in [0.15, 0.2) is 17.0 Å². The minimum atomic E-state index is 0.231. The number of phenolic OH excluding ortho intramolecular Hbond substituents is 1. The molecule has 0 saturated heterocycles. The topological polar surface area (TPSA) is 20.2 Å². The van der Waals surface area contributed by atoms with Gasteiger partial charge in [0, 0.05) is 10.5 Å². The average molecular weight is 175 g/mol. The molecule has 1 aromatic rings. The molecule has 1 nitrogen and oxygen atoms in total. The normalized spacial score (nSPS) is 9.90. The van der Waals surface area contributed by atoms with Gasteiger partial charge in [0.2, 0.25) is 0 Å². The van der Waals surface area contributed by atoms with Crippen molar-refractivity contribution in [2.24, 2.45) is 0 Å². The van der Waals surface area contributed by atoms with Gasteiger partial charge in [0.25, 0.3) is 0 Å². The van der Waals surface area contributed by atoms with Crippen molar-refractivity contribution in [1.82, 2.24) is 0 Å². The maximum Gasteiger partial charge on any atom is 0.119 e. The number of phenols is 1. The van der Waals surface area contributed by atoms with E-state index in [1.54, 1.807) is 19.1 Å². The Labute approximate surface area is 70.0 Å². The average Bonchev–Trinajstić information content (AvgIpc) is 1.93.